The molecule has 0 saturated carbocycles. The van der Waals surface area contributed by atoms with E-state index in [0.717, 1.165) is 23.6 Å². The maximum atomic E-state index is 14.0. The molecular weight excluding hydrogens is 429 g/mol. The van der Waals surface area contributed by atoms with Crippen LogP contribution in [0.2, 0.25) is 5.02 Å². The van der Waals surface area contributed by atoms with E-state index in [1.165, 1.54) is 11.6 Å². The first-order chi connectivity index (χ1) is 15.1. The van der Waals surface area contributed by atoms with Crippen LogP contribution in [0.15, 0.2) is 42.1 Å². The molecule has 32 heavy (non-hydrogen) atoms. The van der Waals surface area contributed by atoms with Crippen LogP contribution < -0.4 is 10.2 Å². The maximum absolute atomic E-state index is 14.0. The zero-order chi connectivity index (χ0) is 23.2. The Morgan fingerprint density at radius 2 is 1.97 bits per heavy atom. The van der Waals surface area contributed by atoms with Crippen molar-refractivity contribution in [2.75, 3.05) is 11.4 Å². The molecule has 1 saturated heterocycles. The van der Waals surface area contributed by atoms with E-state index in [1.54, 1.807) is 24.3 Å². The number of amides is 3. The van der Waals surface area contributed by atoms with Gasteiger partial charge in [-0.2, -0.15) is 0 Å². The fraction of sp³-hybridized carbons (Fsp3) is 0.360. The van der Waals surface area contributed by atoms with Gasteiger partial charge in [-0.1, -0.05) is 36.7 Å². The lowest BCUT2D eigenvalue weighted by atomic mass is 9.79. The summed E-state index contributed by atoms with van der Waals surface area (Å²) in [7, 11) is 0. The van der Waals surface area contributed by atoms with E-state index in [9.17, 15) is 14.0 Å². The largest absolute Gasteiger partial charge is 0.366 e. The van der Waals surface area contributed by atoms with Crippen molar-refractivity contribution in [1.82, 2.24) is 10.2 Å². The molecular formula is C25H27ClFN3O2. The van der Waals surface area contributed by atoms with Gasteiger partial charge in [-0.25, -0.2) is 9.18 Å². The number of anilines is 1. The van der Waals surface area contributed by atoms with Crippen LogP contribution in [0.1, 0.15) is 56.7 Å². The lowest BCUT2D eigenvalue weighted by molar-refractivity contribution is -0.123. The summed E-state index contributed by atoms with van der Waals surface area (Å²) in [4.78, 5) is 28.7. The van der Waals surface area contributed by atoms with Crippen molar-refractivity contribution in [3.8, 4) is 0 Å². The highest BCUT2D eigenvalue weighted by molar-refractivity contribution is 6.32. The van der Waals surface area contributed by atoms with Crippen molar-refractivity contribution in [2.24, 2.45) is 0 Å². The molecule has 1 fully saturated rings. The molecule has 0 aliphatic carbocycles. The summed E-state index contributed by atoms with van der Waals surface area (Å²) in [5.74, 6) is -0.638. The normalized spacial score (nSPS) is 21.2. The third kappa shape index (κ3) is 3.88. The van der Waals surface area contributed by atoms with Gasteiger partial charge in [0.2, 0.25) is 0 Å². The van der Waals surface area contributed by atoms with E-state index in [1.807, 2.05) is 12.1 Å². The average Bonchev–Trinajstić information content (AvgIpc) is 2.98. The van der Waals surface area contributed by atoms with Gasteiger partial charge >= 0.3 is 6.03 Å². The highest BCUT2D eigenvalue weighted by atomic mass is 35.5. The number of carbonyl (C=O) groups excluding carboxylic acids is 2. The van der Waals surface area contributed by atoms with E-state index >= 15 is 0 Å². The van der Waals surface area contributed by atoms with Crippen molar-refractivity contribution in [3.05, 3.63) is 69.6 Å². The molecule has 168 valence electrons. The van der Waals surface area contributed by atoms with Crippen molar-refractivity contribution in [2.45, 2.75) is 52.1 Å². The molecule has 0 aromatic heterocycles. The number of nitrogens with one attached hydrogen (secondary N) is 1. The van der Waals surface area contributed by atoms with Crippen molar-refractivity contribution >= 4 is 35.3 Å². The Morgan fingerprint density at radius 3 is 2.66 bits per heavy atom. The standard InChI is InChI=1S/C25H27ClFN3O2/c1-5-30-22-12-19(26)17(10-18(22)15(2)13-25(30,3)4)11-21-23(31)29(24(32)28-21)14-16-8-6-7-9-20(16)27/h6-12,15H,5,13-14H2,1-4H3,(H,28,32)/b21-11+. The van der Waals surface area contributed by atoms with Crippen LogP contribution in [0.25, 0.3) is 6.08 Å². The van der Waals surface area contributed by atoms with Crippen molar-refractivity contribution in [1.29, 1.82) is 0 Å². The minimum atomic E-state index is -0.578. The average molecular weight is 456 g/mol. The smallest absolute Gasteiger partial charge is 0.329 e. The number of carbonyl (C=O) groups is 2. The predicted molar refractivity (Wildman–Crippen MR) is 125 cm³/mol. The number of hydrogen-bond donors (Lipinski definition) is 1. The predicted octanol–water partition coefficient (Wildman–Crippen LogP) is 5.68. The van der Waals surface area contributed by atoms with Crippen LogP contribution in [-0.2, 0) is 11.3 Å². The number of benzene rings is 2. The van der Waals surface area contributed by atoms with Gasteiger partial charge in [0.05, 0.1) is 6.54 Å². The van der Waals surface area contributed by atoms with Crippen LogP contribution in [0.3, 0.4) is 0 Å². The second kappa shape index (κ2) is 8.24. The zero-order valence-corrected chi connectivity index (χ0v) is 19.5. The zero-order valence-electron chi connectivity index (χ0n) is 18.7. The lowest BCUT2D eigenvalue weighted by Crippen LogP contribution is -2.48. The number of urea groups is 1. The van der Waals surface area contributed by atoms with E-state index in [0.29, 0.717) is 16.5 Å². The second-order valence-corrected chi connectivity index (χ2v) is 9.47. The summed E-state index contributed by atoms with van der Waals surface area (Å²) < 4.78 is 14.0. The quantitative estimate of drug-likeness (QED) is 0.476. The Morgan fingerprint density at radius 1 is 1.25 bits per heavy atom. The number of imide groups is 1. The van der Waals surface area contributed by atoms with Crippen LogP contribution >= 0.6 is 11.6 Å². The first-order valence-corrected chi connectivity index (χ1v) is 11.2. The van der Waals surface area contributed by atoms with E-state index in [-0.39, 0.29) is 23.3 Å². The van der Waals surface area contributed by atoms with Gasteiger partial charge in [-0.3, -0.25) is 9.69 Å². The molecule has 2 aromatic carbocycles. The van der Waals surface area contributed by atoms with Crippen LogP contribution in [0.4, 0.5) is 14.9 Å². The van der Waals surface area contributed by atoms with Gasteiger partial charge in [-0.15, -0.1) is 0 Å². The summed E-state index contributed by atoms with van der Waals surface area (Å²) in [5, 5.41) is 3.11. The number of halogens is 2. The number of rotatable bonds is 4. The Balaban J connectivity index is 1.66. The molecule has 2 aromatic rings. The summed E-state index contributed by atoms with van der Waals surface area (Å²) in [6.45, 7) is 9.51. The molecule has 0 bridgehead atoms. The minimum Gasteiger partial charge on any atom is -0.366 e. The number of hydrogen-bond acceptors (Lipinski definition) is 3. The third-order valence-corrected chi connectivity index (χ3v) is 6.70. The Hall–Kier alpha value is -2.86. The van der Waals surface area contributed by atoms with E-state index < -0.39 is 17.8 Å². The van der Waals surface area contributed by atoms with Crippen LogP contribution in [-0.4, -0.2) is 28.9 Å². The fourth-order valence-electron chi connectivity index (χ4n) is 4.90. The molecule has 1 atom stereocenters. The summed E-state index contributed by atoms with van der Waals surface area (Å²) in [5.41, 5.74) is 3.37. The summed E-state index contributed by atoms with van der Waals surface area (Å²) in [6, 6.07) is 9.47. The van der Waals surface area contributed by atoms with Gasteiger partial charge in [0.25, 0.3) is 5.91 Å². The van der Waals surface area contributed by atoms with Crippen LogP contribution in [0, 0.1) is 5.82 Å². The summed E-state index contributed by atoms with van der Waals surface area (Å²) >= 11 is 6.62. The highest BCUT2D eigenvalue weighted by Gasteiger charge is 2.37. The Labute approximate surface area is 192 Å². The topological polar surface area (TPSA) is 52.7 Å². The van der Waals surface area contributed by atoms with Crippen molar-refractivity contribution < 1.29 is 14.0 Å². The Kier molecular flexibility index (Phi) is 5.76. The molecule has 7 heteroatoms. The molecule has 1 unspecified atom stereocenters. The monoisotopic (exact) mass is 455 g/mol. The minimum absolute atomic E-state index is 0.0209. The molecule has 4 rings (SSSR count). The maximum Gasteiger partial charge on any atom is 0.329 e. The lowest BCUT2D eigenvalue weighted by Gasteiger charge is -2.47. The van der Waals surface area contributed by atoms with Gasteiger partial charge in [-0.05, 0) is 68.5 Å². The Bertz CT molecular complexity index is 1130. The summed E-state index contributed by atoms with van der Waals surface area (Å²) in [6.07, 6.45) is 2.60. The van der Waals surface area contributed by atoms with E-state index in [4.69, 9.17) is 11.6 Å². The molecule has 0 spiro atoms. The number of nitrogens with zero attached hydrogens (tertiary/aromatic N) is 2. The first-order valence-electron chi connectivity index (χ1n) is 10.8. The third-order valence-electron chi connectivity index (χ3n) is 6.37. The first kappa shape index (κ1) is 22.3. The molecule has 3 amide bonds. The molecule has 2 aliphatic heterocycles. The van der Waals surface area contributed by atoms with Gasteiger partial charge in [0.15, 0.2) is 0 Å². The molecule has 0 radical (unpaired) electrons. The van der Waals surface area contributed by atoms with Gasteiger partial charge in [0.1, 0.15) is 11.5 Å². The number of fused-ring (bicyclic) bond motifs is 1. The second-order valence-electron chi connectivity index (χ2n) is 9.07. The van der Waals surface area contributed by atoms with Crippen LogP contribution in [0.5, 0.6) is 0 Å². The van der Waals surface area contributed by atoms with E-state index in [2.05, 4.69) is 37.9 Å². The van der Waals surface area contributed by atoms with Gasteiger partial charge in [0, 0.05) is 28.4 Å². The SMILES string of the molecule is CCN1c2cc(Cl)c(/C=C3/NC(=O)N(Cc4ccccc4F)C3=O)cc2C(C)CC1(C)C. The molecule has 2 aliphatic rings. The molecule has 5 nitrogen and oxygen atoms in total. The highest BCUT2D eigenvalue weighted by Crippen LogP contribution is 2.45. The fourth-order valence-corrected chi connectivity index (χ4v) is 5.11. The van der Waals surface area contributed by atoms with Gasteiger partial charge < -0.3 is 10.2 Å². The molecule has 2 heterocycles. The molecule has 1 N–H and O–H groups in total. The van der Waals surface area contributed by atoms with Crippen molar-refractivity contribution in [3.63, 3.8) is 0 Å².